The number of rotatable bonds is 8. The molecule has 2 heterocycles. The molecule has 0 saturated heterocycles. The number of ether oxygens (including phenoxy) is 1. The van der Waals surface area contributed by atoms with Crippen LogP contribution in [0, 0.1) is 0 Å². The van der Waals surface area contributed by atoms with Crippen LogP contribution in [0.15, 0.2) is 122 Å². The van der Waals surface area contributed by atoms with Crippen molar-refractivity contribution >= 4 is 0 Å². The SMILES string of the molecule is CC(C)c1cccc(C(C)C)c1-n1ccnc1-c1cccc(Oc2cccc(-c3nccn3-c3ccccc3)c2)c1. The molecule has 5 heteroatoms. The molecule has 0 bridgehead atoms. The van der Waals surface area contributed by atoms with Gasteiger partial charge in [0.15, 0.2) is 0 Å². The van der Waals surface area contributed by atoms with E-state index in [0.717, 1.165) is 40.0 Å². The Morgan fingerprint density at radius 2 is 1.07 bits per heavy atom. The van der Waals surface area contributed by atoms with E-state index in [9.17, 15) is 0 Å². The predicted octanol–water partition coefficient (Wildman–Crippen LogP) is 9.43. The van der Waals surface area contributed by atoms with Crippen molar-refractivity contribution in [1.29, 1.82) is 0 Å². The van der Waals surface area contributed by atoms with E-state index < -0.39 is 0 Å². The molecule has 6 rings (SSSR count). The second-order valence-electron chi connectivity index (χ2n) is 10.8. The molecule has 204 valence electrons. The molecule has 0 fully saturated rings. The van der Waals surface area contributed by atoms with Crippen molar-refractivity contribution in [2.24, 2.45) is 0 Å². The molecule has 6 aromatic rings. The minimum atomic E-state index is 0.387. The van der Waals surface area contributed by atoms with Gasteiger partial charge in [0.25, 0.3) is 0 Å². The normalized spacial score (nSPS) is 11.4. The average molecular weight is 539 g/mol. The van der Waals surface area contributed by atoms with E-state index in [-0.39, 0.29) is 0 Å². The lowest BCUT2D eigenvalue weighted by Gasteiger charge is -2.22. The van der Waals surface area contributed by atoms with Crippen LogP contribution in [0.3, 0.4) is 0 Å². The van der Waals surface area contributed by atoms with Gasteiger partial charge >= 0.3 is 0 Å². The van der Waals surface area contributed by atoms with Gasteiger partial charge in [-0.2, -0.15) is 0 Å². The Morgan fingerprint density at radius 1 is 0.561 bits per heavy atom. The van der Waals surface area contributed by atoms with Crippen LogP contribution in [0.4, 0.5) is 0 Å². The predicted molar refractivity (Wildman–Crippen MR) is 166 cm³/mol. The Labute approximate surface area is 241 Å². The van der Waals surface area contributed by atoms with E-state index in [1.165, 1.54) is 16.8 Å². The van der Waals surface area contributed by atoms with Crippen molar-refractivity contribution in [3.63, 3.8) is 0 Å². The lowest BCUT2D eigenvalue weighted by Crippen LogP contribution is -2.07. The van der Waals surface area contributed by atoms with Crippen LogP contribution in [-0.2, 0) is 0 Å². The third-order valence-electron chi connectivity index (χ3n) is 7.32. The molecule has 0 aliphatic heterocycles. The van der Waals surface area contributed by atoms with E-state index in [1.54, 1.807) is 0 Å². The fourth-order valence-electron chi connectivity index (χ4n) is 5.33. The summed E-state index contributed by atoms with van der Waals surface area (Å²) in [7, 11) is 0. The molecule has 0 aliphatic rings. The van der Waals surface area contributed by atoms with Crippen LogP contribution in [-0.4, -0.2) is 19.1 Å². The van der Waals surface area contributed by atoms with Gasteiger partial charge in [0.2, 0.25) is 0 Å². The van der Waals surface area contributed by atoms with Gasteiger partial charge < -0.3 is 4.74 Å². The summed E-state index contributed by atoms with van der Waals surface area (Å²) in [6, 6.07) is 33.1. The molecule has 0 aliphatic carbocycles. The maximum Gasteiger partial charge on any atom is 0.144 e. The van der Waals surface area contributed by atoms with Gasteiger partial charge in [0.1, 0.15) is 23.1 Å². The highest BCUT2D eigenvalue weighted by molar-refractivity contribution is 5.65. The quantitative estimate of drug-likeness (QED) is 0.194. The summed E-state index contributed by atoms with van der Waals surface area (Å²) >= 11 is 0. The smallest absolute Gasteiger partial charge is 0.144 e. The Bertz CT molecular complexity index is 1750. The molecular weight excluding hydrogens is 504 g/mol. The molecule has 0 amide bonds. The van der Waals surface area contributed by atoms with Gasteiger partial charge in [0, 0.05) is 41.6 Å². The average Bonchev–Trinajstić information content (AvgIpc) is 3.68. The topological polar surface area (TPSA) is 44.9 Å². The van der Waals surface area contributed by atoms with Crippen LogP contribution in [0.25, 0.3) is 34.2 Å². The first-order valence-electron chi connectivity index (χ1n) is 14.1. The highest BCUT2D eigenvalue weighted by atomic mass is 16.5. The van der Waals surface area contributed by atoms with E-state index in [1.807, 2.05) is 67.1 Å². The maximum absolute atomic E-state index is 6.40. The third-order valence-corrected chi connectivity index (χ3v) is 7.32. The van der Waals surface area contributed by atoms with Gasteiger partial charge in [0.05, 0.1) is 5.69 Å². The van der Waals surface area contributed by atoms with Crippen LogP contribution >= 0.6 is 0 Å². The molecule has 0 N–H and O–H groups in total. The van der Waals surface area contributed by atoms with Gasteiger partial charge in [-0.05, 0) is 59.4 Å². The highest BCUT2D eigenvalue weighted by Crippen LogP contribution is 2.35. The number of aromatic nitrogens is 4. The molecular formula is C36H34N4O. The van der Waals surface area contributed by atoms with E-state index in [2.05, 4.69) is 96.5 Å². The summed E-state index contributed by atoms with van der Waals surface area (Å²) in [6.07, 6.45) is 7.74. The van der Waals surface area contributed by atoms with Gasteiger partial charge in [-0.15, -0.1) is 0 Å². The summed E-state index contributed by atoms with van der Waals surface area (Å²) in [5, 5.41) is 0. The van der Waals surface area contributed by atoms with Gasteiger partial charge in [-0.1, -0.05) is 88.4 Å². The summed E-state index contributed by atoms with van der Waals surface area (Å²) in [4.78, 5) is 9.43. The first-order chi connectivity index (χ1) is 20.0. The summed E-state index contributed by atoms with van der Waals surface area (Å²) in [6.45, 7) is 8.98. The number of para-hydroxylation sites is 2. The van der Waals surface area contributed by atoms with Crippen LogP contribution in [0.5, 0.6) is 11.5 Å². The van der Waals surface area contributed by atoms with Crippen LogP contribution < -0.4 is 4.74 Å². The summed E-state index contributed by atoms with van der Waals surface area (Å²) < 4.78 is 10.7. The lowest BCUT2D eigenvalue weighted by atomic mass is 9.92. The van der Waals surface area contributed by atoms with Crippen molar-refractivity contribution in [2.45, 2.75) is 39.5 Å². The minimum Gasteiger partial charge on any atom is -0.457 e. The lowest BCUT2D eigenvalue weighted by molar-refractivity contribution is 0.483. The Hall–Kier alpha value is -4.90. The van der Waals surface area contributed by atoms with Gasteiger partial charge in [-0.25, -0.2) is 9.97 Å². The van der Waals surface area contributed by atoms with Crippen molar-refractivity contribution in [3.05, 3.63) is 133 Å². The van der Waals surface area contributed by atoms with Crippen molar-refractivity contribution < 1.29 is 4.74 Å². The molecule has 4 aromatic carbocycles. The molecule has 0 spiro atoms. The minimum absolute atomic E-state index is 0.387. The van der Waals surface area contributed by atoms with Crippen molar-refractivity contribution in [2.75, 3.05) is 0 Å². The second kappa shape index (κ2) is 11.3. The molecule has 41 heavy (non-hydrogen) atoms. The zero-order chi connectivity index (χ0) is 28.3. The molecule has 0 saturated carbocycles. The number of hydrogen-bond acceptors (Lipinski definition) is 3. The van der Waals surface area contributed by atoms with E-state index in [4.69, 9.17) is 9.72 Å². The Morgan fingerprint density at radius 3 is 1.63 bits per heavy atom. The van der Waals surface area contributed by atoms with Crippen LogP contribution in [0.2, 0.25) is 0 Å². The Balaban J connectivity index is 1.33. The third kappa shape index (κ3) is 5.31. The largest absolute Gasteiger partial charge is 0.457 e. The number of benzene rings is 4. The second-order valence-corrected chi connectivity index (χ2v) is 10.8. The van der Waals surface area contributed by atoms with E-state index in [0.29, 0.717) is 11.8 Å². The van der Waals surface area contributed by atoms with Crippen LogP contribution in [0.1, 0.15) is 50.7 Å². The van der Waals surface area contributed by atoms with Crippen molar-refractivity contribution in [3.8, 4) is 45.6 Å². The Kier molecular flexibility index (Phi) is 7.26. The fraction of sp³-hybridized carbons (Fsp3) is 0.167. The summed E-state index contributed by atoms with van der Waals surface area (Å²) in [5.41, 5.74) is 6.89. The standard InChI is InChI=1S/C36H34N4O/c1-25(2)32-17-10-18-33(26(3)4)34(32)40-22-20-38-36(40)28-12-9-16-31(24-28)41-30-15-8-11-27(23-30)35-37-19-21-39(35)29-13-6-5-7-14-29/h5-26H,1-4H3. The zero-order valence-corrected chi connectivity index (χ0v) is 23.9. The molecule has 2 aromatic heterocycles. The van der Waals surface area contributed by atoms with Gasteiger partial charge in [-0.3, -0.25) is 9.13 Å². The first kappa shape index (κ1) is 26.3. The number of hydrogen-bond donors (Lipinski definition) is 0. The number of nitrogens with zero attached hydrogens (tertiary/aromatic N) is 4. The molecule has 0 atom stereocenters. The summed E-state index contributed by atoms with van der Waals surface area (Å²) in [5.74, 6) is 4.03. The molecule has 5 nitrogen and oxygen atoms in total. The van der Waals surface area contributed by atoms with E-state index >= 15 is 0 Å². The molecule has 0 radical (unpaired) electrons. The molecule has 0 unspecified atom stereocenters. The highest BCUT2D eigenvalue weighted by Gasteiger charge is 2.19. The van der Waals surface area contributed by atoms with Crippen molar-refractivity contribution in [1.82, 2.24) is 19.1 Å². The zero-order valence-electron chi connectivity index (χ0n) is 23.9. The first-order valence-corrected chi connectivity index (χ1v) is 14.1. The monoisotopic (exact) mass is 538 g/mol. The maximum atomic E-state index is 6.40. The number of imidazole rings is 2. The fourth-order valence-corrected chi connectivity index (χ4v) is 5.33.